The number of ether oxygens (including phenoxy) is 1. The second kappa shape index (κ2) is 7.95. The van der Waals surface area contributed by atoms with Crippen LogP contribution in [0.5, 0.6) is 0 Å². The predicted octanol–water partition coefficient (Wildman–Crippen LogP) is 2.89. The lowest BCUT2D eigenvalue weighted by Gasteiger charge is -2.32. The molecule has 0 saturated carbocycles. The third kappa shape index (κ3) is 4.18. The number of thioether (sulfide) groups is 1. The van der Waals surface area contributed by atoms with Gasteiger partial charge in [-0.25, -0.2) is 14.0 Å². The minimum absolute atomic E-state index is 0.0193. The molecule has 0 unspecified atom stereocenters. The molecule has 6 nitrogen and oxygen atoms in total. The zero-order chi connectivity index (χ0) is 17.8. The Morgan fingerprint density at radius 2 is 2.00 bits per heavy atom. The summed E-state index contributed by atoms with van der Waals surface area (Å²) in [6.45, 7) is 1.12. The molecule has 1 aromatic carbocycles. The summed E-state index contributed by atoms with van der Waals surface area (Å²) in [5.74, 6) is 0.542. The molecule has 3 rings (SSSR count). The number of nitrogens with zero attached hydrogens (tertiary/aromatic N) is 1. The highest BCUT2D eigenvalue weighted by Crippen LogP contribution is 2.37. The Labute approximate surface area is 150 Å². The molecule has 0 spiro atoms. The molecule has 136 valence electrons. The van der Waals surface area contributed by atoms with Gasteiger partial charge in [-0.2, -0.15) is 0 Å². The number of rotatable bonds is 2. The average Bonchev–Trinajstić information content (AvgIpc) is 2.62. The fraction of sp³-hybridized carbons (Fsp3) is 0.529. The van der Waals surface area contributed by atoms with Gasteiger partial charge in [-0.1, -0.05) is 12.1 Å². The van der Waals surface area contributed by atoms with E-state index in [0.717, 1.165) is 17.7 Å². The quantitative estimate of drug-likeness (QED) is 0.843. The number of amides is 3. The lowest BCUT2D eigenvalue weighted by atomic mass is 10.0. The van der Waals surface area contributed by atoms with Gasteiger partial charge in [0.15, 0.2) is 0 Å². The summed E-state index contributed by atoms with van der Waals surface area (Å²) in [6.07, 6.45) is 1.82. The summed E-state index contributed by atoms with van der Waals surface area (Å²) in [4.78, 5) is 26.1. The number of hydrogen-bond donors (Lipinski definition) is 2. The van der Waals surface area contributed by atoms with Crippen LogP contribution in [0.4, 0.5) is 14.0 Å². The van der Waals surface area contributed by atoms with Crippen LogP contribution in [0.15, 0.2) is 23.1 Å². The van der Waals surface area contributed by atoms with Crippen LogP contribution >= 0.6 is 11.8 Å². The maximum Gasteiger partial charge on any atom is 0.409 e. The van der Waals surface area contributed by atoms with Crippen molar-refractivity contribution in [2.75, 3.05) is 26.0 Å². The van der Waals surface area contributed by atoms with Gasteiger partial charge >= 0.3 is 12.1 Å². The molecule has 0 aliphatic carbocycles. The Kier molecular flexibility index (Phi) is 5.67. The van der Waals surface area contributed by atoms with Crippen molar-refractivity contribution in [2.24, 2.45) is 0 Å². The first-order valence-electron chi connectivity index (χ1n) is 8.39. The van der Waals surface area contributed by atoms with Crippen LogP contribution in [-0.2, 0) is 4.74 Å². The highest BCUT2D eigenvalue weighted by Gasteiger charge is 2.27. The van der Waals surface area contributed by atoms with E-state index in [1.165, 1.54) is 24.9 Å². The van der Waals surface area contributed by atoms with Crippen LogP contribution < -0.4 is 10.6 Å². The Bertz CT molecular complexity index is 650. The van der Waals surface area contributed by atoms with Gasteiger partial charge in [0.25, 0.3) is 0 Å². The molecule has 2 aliphatic rings. The van der Waals surface area contributed by atoms with E-state index in [-0.39, 0.29) is 30.0 Å². The monoisotopic (exact) mass is 367 g/mol. The highest BCUT2D eigenvalue weighted by molar-refractivity contribution is 7.99. The van der Waals surface area contributed by atoms with Crippen molar-refractivity contribution < 1.29 is 18.7 Å². The largest absolute Gasteiger partial charge is 0.453 e. The number of carbonyl (C=O) groups is 2. The van der Waals surface area contributed by atoms with E-state index in [2.05, 4.69) is 10.6 Å². The van der Waals surface area contributed by atoms with Gasteiger partial charge in [-0.3, -0.25) is 0 Å². The maximum atomic E-state index is 13.9. The molecule has 1 fully saturated rings. The molecule has 1 saturated heterocycles. The smallest absolute Gasteiger partial charge is 0.409 e. The van der Waals surface area contributed by atoms with Crippen molar-refractivity contribution in [3.8, 4) is 0 Å². The second-order valence-corrected chi connectivity index (χ2v) is 7.30. The van der Waals surface area contributed by atoms with E-state index in [1.807, 2.05) is 6.07 Å². The Morgan fingerprint density at radius 1 is 1.24 bits per heavy atom. The summed E-state index contributed by atoms with van der Waals surface area (Å²) in [5, 5.41) is 5.92. The normalized spacial score (nSPS) is 20.6. The summed E-state index contributed by atoms with van der Waals surface area (Å²) in [5.41, 5.74) is 0.840. The first-order chi connectivity index (χ1) is 12.1. The van der Waals surface area contributed by atoms with E-state index in [1.54, 1.807) is 11.0 Å². The molecule has 2 aliphatic heterocycles. The molecule has 25 heavy (non-hydrogen) atoms. The molecule has 0 radical (unpaired) electrons. The lowest BCUT2D eigenvalue weighted by Crippen LogP contribution is -2.49. The summed E-state index contributed by atoms with van der Waals surface area (Å²) < 4.78 is 18.6. The standard InChI is InChI=1S/C17H22FN3O3S/c1-24-17(23)21-8-5-11(6-9-21)19-16(22)20-14-7-10-25-15-12(14)3-2-4-13(15)18/h2-4,11,14H,5-10H2,1H3,(H2,19,20,22)/t14-/m0/s1. The first kappa shape index (κ1) is 17.8. The Hall–Kier alpha value is -1.96. The van der Waals surface area contributed by atoms with Gasteiger partial charge in [-0.05, 0) is 30.9 Å². The van der Waals surface area contributed by atoms with Gasteiger partial charge in [0.05, 0.1) is 13.2 Å². The third-order valence-electron chi connectivity index (χ3n) is 4.59. The van der Waals surface area contributed by atoms with Gasteiger partial charge in [-0.15, -0.1) is 11.8 Å². The lowest BCUT2D eigenvalue weighted by molar-refractivity contribution is 0.110. The zero-order valence-corrected chi connectivity index (χ0v) is 14.9. The van der Waals surface area contributed by atoms with Crippen molar-refractivity contribution in [1.82, 2.24) is 15.5 Å². The first-order valence-corrected chi connectivity index (χ1v) is 9.38. The van der Waals surface area contributed by atoms with Gasteiger partial charge in [0, 0.05) is 29.8 Å². The highest BCUT2D eigenvalue weighted by atomic mass is 32.2. The molecule has 1 aromatic rings. The van der Waals surface area contributed by atoms with Crippen LogP contribution in [-0.4, -0.2) is 49.0 Å². The van der Waals surface area contributed by atoms with Crippen LogP contribution in [0.3, 0.4) is 0 Å². The molecule has 2 N–H and O–H groups in total. The van der Waals surface area contributed by atoms with E-state index in [9.17, 15) is 14.0 Å². The summed E-state index contributed by atoms with van der Waals surface area (Å²) >= 11 is 1.49. The van der Waals surface area contributed by atoms with E-state index in [0.29, 0.717) is 30.8 Å². The number of fused-ring (bicyclic) bond motifs is 1. The van der Waals surface area contributed by atoms with Crippen molar-refractivity contribution in [1.29, 1.82) is 0 Å². The van der Waals surface area contributed by atoms with Crippen molar-refractivity contribution in [3.05, 3.63) is 29.6 Å². The van der Waals surface area contributed by atoms with Gasteiger partial charge < -0.3 is 20.3 Å². The minimum Gasteiger partial charge on any atom is -0.453 e. The number of urea groups is 1. The molecule has 0 bridgehead atoms. The summed E-state index contributed by atoms with van der Waals surface area (Å²) in [7, 11) is 1.36. The topological polar surface area (TPSA) is 70.7 Å². The number of hydrogen-bond acceptors (Lipinski definition) is 4. The second-order valence-electron chi connectivity index (χ2n) is 6.20. The summed E-state index contributed by atoms with van der Waals surface area (Å²) in [6, 6.07) is 4.58. The van der Waals surface area contributed by atoms with E-state index in [4.69, 9.17) is 4.74 Å². The minimum atomic E-state index is -0.332. The molecule has 3 amide bonds. The number of likely N-dealkylation sites (tertiary alicyclic amines) is 1. The number of halogens is 1. The SMILES string of the molecule is COC(=O)N1CCC(NC(=O)N[C@H]2CCSc3c(F)cccc32)CC1. The molecule has 1 atom stereocenters. The number of nitrogens with one attached hydrogen (secondary N) is 2. The number of methoxy groups -OCH3 is 1. The fourth-order valence-electron chi connectivity index (χ4n) is 3.26. The van der Waals surface area contributed by atoms with Gasteiger partial charge in [0.2, 0.25) is 0 Å². The molecular formula is C17H22FN3O3S. The zero-order valence-electron chi connectivity index (χ0n) is 14.1. The maximum absolute atomic E-state index is 13.9. The van der Waals surface area contributed by atoms with E-state index >= 15 is 0 Å². The van der Waals surface area contributed by atoms with Crippen molar-refractivity contribution in [3.63, 3.8) is 0 Å². The molecule has 0 aromatic heterocycles. The number of piperidine rings is 1. The van der Waals surface area contributed by atoms with Gasteiger partial charge in [0.1, 0.15) is 5.82 Å². The van der Waals surface area contributed by atoms with Crippen molar-refractivity contribution in [2.45, 2.75) is 36.2 Å². The molecular weight excluding hydrogens is 345 g/mol. The van der Waals surface area contributed by atoms with Crippen LogP contribution in [0.1, 0.15) is 30.9 Å². The van der Waals surface area contributed by atoms with E-state index < -0.39 is 0 Å². The Morgan fingerprint density at radius 3 is 2.72 bits per heavy atom. The number of benzene rings is 1. The molecule has 2 heterocycles. The van der Waals surface area contributed by atoms with Crippen molar-refractivity contribution >= 4 is 23.9 Å². The van der Waals surface area contributed by atoms with Crippen LogP contribution in [0, 0.1) is 5.82 Å². The Balaban J connectivity index is 1.53. The molecule has 8 heteroatoms. The van der Waals surface area contributed by atoms with Crippen LogP contribution in [0.2, 0.25) is 0 Å². The predicted molar refractivity (Wildman–Crippen MR) is 93.1 cm³/mol. The fourth-order valence-corrected chi connectivity index (χ4v) is 4.40. The number of carbonyl (C=O) groups excluding carboxylic acids is 2. The average molecular weight is 367 g/mol. The third-order valence-corrected chi connectivity index (χ3v) is 5.75. The van der Waals surface area contributed by atoms with Crippen LogP contribution in [0.25, 0.3) is 0 Å².